The molecule has 0 amide bonds. The van der Waals surface area contributed by atoms with Crippen LogP contribution < -0.4 is 10.0 Å². The first-order valence-corrected chi connectivity index (χ1v) is 7.69. The maximum absolute atomic E-state index is 12.2. The summed E-state index contributed by atoms with van der Waals surface area (Å²) in [5.74, 6) is 0.535. The quantitative estimate of drug-likeness (QED) is 0.840. The molecule has 2 heterocycles. The van der Waals surface area contributed by atoms with Crippen molar-refractivity contribution in [3.63, 3.8) is 0 Å². The predicted molar refractivity (Wildman–Crippen MR) is 76.7 cm³/mol. The van der Waals surface area contributed by atoms with Gasteiger partial charge >= 0.3 is 0 Å². The van der Waals surface area contributed by atoms with Crippen molar-refractivity contribution in [1.29, 1.82) is 0 Å². The smallest absolute Gasteiger partial charge is 0.241 e. The molecule has 2 rings (SSSR count). The summed E-state index contributed by atoms with van der Waals surface area (Å²) in [4.78, 5) is 8.30. The first-order valence-electron chi connectivity index (χ1n) is 6.21. The molecule has 0 aliphatic rings. The highest BCUT2D eigenvalue weighted by Crippen LogP contribution is 2.12. The number of hydrogen-bond acceptors (Lipinski definition) is 5. The van der Waals surface area contributed by atoms with E-state index in [1.165, 1.54) is 18.3 Å². The molecule has 0 aliphatic heterocycles. The second kappa shape index (κ2) is 6.44. The number of nitrogens with one attached hydrogen (secondary N) is 2. The molecule has 0 saturated carbocycles. The van der Waals surface area contributed by atoms with Crippen LogP contribution in [0.4, 0.5) is 5.82 Å². The van der Waals surface area contributed by atoms with Crippen LogP contribution in [0.2, 0.25) is 0 Å². The molecular formula is C13H16N4O2S. The first-order chi connectivity index (χ1) is 9.62. The average Bonchev–Trinajstić information content (AvgIpc) is 2.47. The SMILES string of the molecule is CCNc1cc(S(=O)(=O)NCc2ccccn2)ccn1. The van der Waals surface area contributed by atoms with E-state index in [1.54, 1.807) is 18.3 Å². The Hall–Kier alpha value is -1.99. The number of aromatic nitrogens is 2. The molecule has 7 heteroatoms. The summed E-state index contributed by atoms with van der Waals surface area (Å²) in [6.07, 6.45) is 3.09. The Balaban J connectivity index is 2.12. The molecule has 0 unspecified atom stereocenters. The average molecular weight is 292 g/mol. The summed E-state index contributed by atoms with van der Waals surface area (Å²) >= 11 is 0. The number of hydrogen-bond donors (Lipinski definition) is 2. The third-order valence-corrected chi connectivity index (χ3v) is 3.97. The van der Waals surface area contributed by atoms with Crippen molar-refractivity contribution in [2.24, 2.45) is 0 Å². The number of rotatable bonds is 6. The molecule has 0 atom stereocenters. The lowest BCUT2D eigenvalue weighted by atomic mass is 10.4. The van der Waals surface area contributed by atoms with E-state index in [0.717, 1.165) is 0 Å². The fraction of sp³-hybridized carbons (Fsp3) is 0.231. The van der Waals surface area contributed by atoms with Gasteiger partial charge < -0.3 is 5.32 Å². The molecule has 0 spiro atoms. The zero-order valence-electron chi connectivity index (χ0n) is 11.1. The van der Waals surface area contributed by atoms with Crippen molar-refractivity contribution in [3.05, 3.63) is 48.4 Å². The largest absolute Gasteiger partial charge is 0.370 e. The van der Waals surface area contributed by atoms with Crippen LogP contribution in [0, 0.1) is 0 Å². The number of anilines is 1. The monoisotopic (exact) mass is 292 g/mol. The zero-order valence-corrected chi connectivity index (χ0v) is 11.9. The van der Waals surface area contributed by atoms with Crippen LogP contribution in [0.1, 0.15) is 12.6 Å². The van der Waals surface area contributed by atoms with Gasteiger partial charge in [0.05, 0.1) is 17.1 Å². The maximum atomic E-state index is 12.2. The van der Waals surface area contributed by atoms with Crippen LogP contribution in [-0.2, 0) is 16.6 Å². The van der Waals surface area contributed by atoms with Gasteiger partial charge in [0.25, 0.3) is 0 Å². The zero-order chi connectivity index (χ0) is 14.4. The van der Waals surface area contributed by atoms with E-state index in [1.807, 2.05) is 13.0 Å². The van der Waals surface area contributed by atoms with Crippen LogP contribution in [0.25, 0.3) is 0 Å². The maximum Gasteiger partial charge on any atom is 0.241 e. The summed E-state index contributed by atoms with van der Waals surface area (Å²) in [5, 5.41) is 2.98. The van der Waals surface area contributed by atoms with Gasteiger partial charge in [-0.3, -0.25) is 4.98 Å². The van der Waals surface area contributed by atoms with E-state index < -0.39 is 10.0 Å². The lowest BCUT2D eigenvalue weighted by Gasteiger charge is -2.08. The van der Waals surface area contributed by atoms with Gasteiger partial charge in [-0.05, 0) is 25.1 Å². The Kier molecular flexibility index (Phi) is 4.65. The van der Waals surface area contributed by atoms with Crippen LogP contribution in [0.3, 0.4) is 0 Å². The van der Waals surface area contributed by atoms with Crippen LogP contribution in [0.15, 0.2) is 47.6 Å². The van der Waals surface area contributed by atoms with Gasteiger partial charge in [-0.25, -0.2) is 18.1 Å². The fourth-order valence-corrected chi connectivity index (χ4v) is 2.62. The summed E-state index contributed by atoms with van der Waals surface area (Å²) in [6.45, 7) is 2.75. The van der Waals surface area contributed by atoms with E-state index in [4.69, 9.17) is 0 Å². The Bertz CT molecular complexity index is 659. The topological polar surface area (TPSA) is 84.0 Å². The minimum Gasteiger partial charge on any atom is -0.370 e. The highest BCUT2D eigenvalue weighted by Gasteiger charge is 2.14. The molecule has 0 bridgehead atoms. The molecule has 106 valence electrons. The van der Waals surface area contributed by atoms with Gasteiger partial charge in [-0.2, -0.15) is 0 Å². The second-order valence-electron chi connectivity index (χ2n) is 4.05. The molecule has 20 heavy (non-hydrogen) atoms. The van der Waals surface area contributed by atoms with Crippen molar-refractivity contribution in [2.75, 3.05) is 11.9 Å². The van der Waals surface area contributed by atoms with Gasteiger partial charge in [0.2, 0.25) is 10.0 Å². The van der Waals surface area contributed by atoms with E-state index in [0.29, 0.717) is 18.1 Å². The van der Waals surface area contributed by atoms with Crippen molar-refractivity contribution in [2.45, 2.75) is 18.4 Å². The van der Waals surface area contributed by atoms with Gasteiger partial charge in [0, 0.05) is 25.0 Å². The molecule has 2 aromatic heterocycles. The molecule has 6 nitrogen and oxygen atoms in total. The summed E-state index contributed by atoms with van der Waals surface area (Å²) in [7, 11) is -3.57. The highest BCUT2D eigenvalue weighted by atomic mass is 32.2. The number of nitrogens with zero attached hydrogens (tertiary/aromatic N) is 2. The summed E-state index contributed by atoms with van der Waals surface area (Å²) in [6, 6.07) is 8.32. The van der Waals surface area contributed by atoms with E-state index in [9.17, 15) is 8.42 Å². The molecule has 0 fully saturated rings. The van der Waals surface area contributed by atoms with Crippen molar-refractivity contribution >= 4 is 15.8 Å². The summed E-state index contributed by atoms with van der Waals surface area (Å²) in [5.41, 5.74) is 0.664. The predicted octanol–water partition coefficient (Wildman–Crippen LogP) is 1.39. The van der Waals surface area contributed by atoms with Gasteiger partial charge in [-0.15, -0.1) is 0 Å². The van der Waals surface area contributed by atoms with E-state index >= 15 is 0 Å². The third-order valence-electron chi connectivity index (χ3n) is 2.57. The minimum atomic E-state index is -3.57. The normalized spacial score (nSPS) is 11.2. The lowest BCUT2D eigenvalue weighted by Crippen LogP contribution is -2.23. The van der Waals surface area contributed by atoms with Crippen molar-refractivity contribution in [1.82, 2.24) is 14.7 Å². The Morgan fingerprint density at radius 1 is 1.15 bits per heavy atom. The van der Waals surface area contributed by atoms with Gasteiger partial charge in [0.15, 0.2) is 0 Å². The summed E-state index contributed by atoms with van der Waals surface area (Å²) < 4.78 is 26.9. The molecule has 0 saturated heterocycles. The number of sulfonamides is 1. The van der Waals surface area contributed by atoms with Crippen LogP contribution in [-0.4, -0.2) is 24.9 Å². The van der Waals surface area contributed by atoms with E-state index in [2.05, 4.69) is 20.0 Å². The van der Waals surface area contributed by atoms with Crippen molar-refractivity contribution in [3.8, 4) is 0 Å². The highest BCUT2D eigenvalue weighted by molar-refractivity contribution is 7.89. The van der Waals surface area contributed by atoms with Gasteiger partial charge in [-0.1, -0.05) is 6.07 Å². The van der Waals surface area contributed by atoms with E-state index in [-0.39, 0.29) is 11.4 Å². The van der Waals surface area contributed by atoms with Crippen LogP contribution in [0.5, 0.6) is 0 Å². The minimum absolute atomic E-state index is 0.155. The lowest BCUT2D eigenvalue weighted by molar-refractivity contribution is 0.580. The number of pyridine rings is 2. The molecule has 2 aromatic rings. The standard InChI is InChI=1S/C13H16N4O2S/c1-2-14-13-9-12(6-8-16-13)20(18,19)17-10-11-5-3-4-7-15-11/h3-9,17H,2,10H2,1H3,(H,14,16). The molecular weight excluding hydrogens is 276 g/mol. The Morgan fingerprint density at radius 3 is 2.70 bits per heavy atom. The van der Waals surface area contributed by atoms with Crippen LogP contribution >= 0.6 is 0 Å². The third kappa shape index (κ3) is 3.75. The molecule has 0 radical (unpaired) electrons. The molecule has 0 aromatic carbocycles. The second-order valence-corrected chi connectivity index (χ2v) is 5.82. The van der Waals surface area contributed by atoms with Gasteiger partial charge in [0.1, 0.15) is 5.82 Å². The van der Waals surface area contributed by atoms with Crippen molar-refractivity contribution < 1.29 is 8.42 Å². The Labute approximate surface area is 118 Å². The fourth-order valence-electron chi connectivity index (χ4n) is 1.61. The Morgan fingerprint density at radius 2 is 2.00 bits per heavy atom. The molecule has 0 aliphatic carbocycles. The molecule has 2 N–H and O–H groups in total. The first kappa shape index (κ1) is 14.4.